The van der Waals surface area contributed by atoms with Crippen molar-refractivity contribution in [1.82, 2.24) is 0 Å². The number of rotatable bonds is 4. The molecule has 0 bridgehead atoms. The largest absolute Gasteiger partial charge is 0.327 e. The summed E-state index contributed by atoms with van der Waals surface area (Å²) in [5.74, 6) is -0.121. The van der Waals surface area contributed by atoms with E-state index >= 15 is 0 Å². The lowest BCUT2D eigenvalue weighted by atomic mass is 10.1. The van der Waals surface area contributed by atoms with Crippen molar-refractivity contribution >= 4 is 11.6 Å². The lowest BCUT2D eigenvalue weighted by Crippen LogP contribution is -2.26. The molecule has 4 heteroatoms. The number of hydrogen-bond donors (Lipinski definition) is 2. The first-order chi connectivity index (χ1) is 7.65. The first kappa shape index (κ1) is 12.2. The van der Waals surface area contributed by atoms with Crippen LogP contribution in [0.25, 0.3) is 0 Å². The van der Waals surface area contributed by atoms with Gasteiger partial charge in [0, 0.05) is 18.2 Å². The van der Waals surface area contributed by atoms with Crippen LogP contribution in [0, 0.1) is 11.3 Å². The molecule has 0 radical (unpaired) electrons. The quantitative estimate of drug-likeness (QED) is 0.804. The molecular formula is C12H15N3O. The Bertz CT molecular complexity index is 409. The van der Waals surface area contributed by atoms with Crippen LogP contribution in [0.1, 0.15) is 25.3 Å². The smallest absolute Gasteiger partial charge is 0.225 e. The molecule has 0 aromatic heterocycles. The van der Waals surface area contributed by atoms with Gasteiger partial charge in [-0.05, 0) is 24.6 Å². The highest BCUT2D eigenvalue weighted by Crippen LogP contribution is 2.10. The summed E-state index contributed by atoms with van der Waals surface area (Å²) in [6.07, 6.45) is 1.07. The molecule has 0 saturated carbocycles. The SMILES string of the molecule is CCC(N)CC(=O)Nc1cccc(C#N)c1. The van der Waals surface area contributed by atoms with E-state index in [1.54, 1.807) is 24.3 Å². The van der Waals surface area contributed by atoms with Crippen LogP contribution < -0.4 is 11.1 Å². The maximum absolute atomic E-state index is 11.5. The molecule has 1 rings (SSSR count). The average molecular weight is 217 g/mol. The second-order valence-electron chi connectivity index (χ2n) is 3.61. The Morgan fingerprint density at radius 2 is 2.38 bits per heavy atom. The van der Waals surface area contributed by atoms with Crippen LogP contribution in [-0.2, 0) is 4.79 Å². The number of nitrogens with zero attached hydrogens (tertiary/aromatic N) is 1. The molecule has 84 valence electrons. The summed E-state index contributed by atoms with van der Waals surface area (Å²) >= 11 is 0. The highest BCUT2D eigenvalue weighted by Gasteiger charge is 2.07. The minimum atomic E-state index is -0.121. The van der Waals surface area contributed by atoms with E-state index in [1.807, 2.05) is 13.0 Å². The van der Waals surface area contributed by atoms with E-state index in [1.165, 1.54) is 0 Å². The van der Waals surface area contributed by atoms with E-state index in [0.717, 1.165) is 6.42 Å². The summed E-state index contributed by atoms with van der Waals surface area (Å²) in [7, 11) is 0. The Morgan fingerprint density at radius 3 is 3.00 bits per heavy atom. The Labute approximate surface area is 95.1 Å². The predicted octanol–water partition coefficient (Wildman–Crippen LogP) is 1.62. The zero-order valence-corrected chi connectivity index (χ0v) is 9.23. The van der Waals surface area contributed by atoms with Crippen LogP contribution in [0.3, 0.4) is 0 Å². The molecule has 0 spiro atoms. The van der Waals surface area contributed by atoms with Gasteiger partial charge in [0.2, 0.25) is 5.91 Å². The summed E-state index contributed by atoms with van der Waals surface area (Å²) in [5.41, 5.74) is 6.83. The van der Waals surface area contributed by atoms with Gasteiger partial charge in [-0.1, -0.05) is 13.0 Å². The number of nitrogens with two attached hydrogens (primary N) is 1. The van der Waals surface area contributed by atoms with E-state index in [-0.39, 0.29) is 11.9 Å². The van der Waals surface area contributed by atoms with E-state index in [2.05, 4.69) is 5.32 Å². The van der Waals surface area contributed by atoms with Crippen molar-refractivity contribution in [2.24, 2.45) is 5.73 Å². The summed E-state index contributed by atoms with van der Waals surface area (Å²) in [6, 6.07) is 8.70. The Morgan fingerprint density at radius 1 is 1.62 bits per heavy atom. The first-order valence-electron chi connectivity index (χ1n) is 5.21. The fourth-order valence-electron chi connectivity index (χ4n) is 1.26. The monoisotopic (exact) mass is 217 g/mol. The van der Waals surface area contributed by atoms with Crippen LogP contribution in [0.15, 0.2) is 24.3 Å². The standard InChI is InChI=1S/C12H15N3O/c1-2-10(14)7-12(16)15-11-5-3-4-9(6-11)8-13/h3-6,10H,2,7,14H2,1H3,(H,15,16). The van der Waals surface area contributed by atoms with Gasteiger partial charge in [0.1, 0.15) is 0 Å². The topological polar surface area (TPSA) is 78.9 Å². The highest BCUT2D eigenvalue weighted by molar-refractivity contribution is 5.91. The van der Waals surface area contributed by atoms with Crippen LogP contribution in [0.4, 0.5) is 5.69 Å². The van der Waals surface area contributed by atoms with Crippen molar-refractivity contribution in [3.63, 3.8) is 0 Å². The van der Waals surface area contributed by atoms with Crippen LogP contribution in [-0.4, -0.2) is 11.9 Å². The zero-order valence-electron chi connectivity index (χ0n) is 9.23. The van der Waals surface area contributed by atoms with Gasteiger partial charge in [0.25, 0.3) is 0 Å². The van der Waals surface area contributed by atoms with Crippen molar-refractivity contribution in [1.29, 1.82) is 5.26 Å². The first-order valence-corrected chi connectivity index (χ1v) is 5.21. The maximum Gasteiger partial charge on any atom is 0.225 e. The number of benzene rings is 1. The van der Waals surface area contributed by atoms with Crippen LogP contribution in [0.2, 0.25) is 0 Å². The lowest BCUT2D eigenvalue weighted by Gasteiger charge is -2.09. The Hall–Kier alpha value is -1.86. The molecule has 1 amide bonds. The van der Waals surface area contributed by atoms with Gasteiger partial charge in [-0.25, -0.2) is 0 Å². The summed E-state index contributed by atoms with van der Waals surface area (Å²) in [5, 5.41) is 11.4. The minimum Gasteiger partial charge on any atom is -0.327 e. The molecule has 1 unspecified atom stereocenters. The van der Waals surface area contributed by atoms with Crippen molar-refractivity contribution in [3.8, 4) is 6.07 Å². The van der Waals surface area contributed by atoms with Crippen LogP contribution in [0.5, 0.6) is 0 Å². The molecule has 3 N–H and O–H groups in total. The third kappa shape index (κ3) is 3.71. The molecular weight excluding hydrogens is 202 g/mol. The van der Waals surface area contributed by atoms with Gasteiger partial charge < -0.3 is 11.1 Å². The van der Waals surface area contributed by atoms with E-state index in [9.17, 15) is 4.79 Å². The van der Waals surface area contributed by atoms with Crippen molar-refractivity contribution < 1.29 is 4.79 Å². The second kappa shape index (κ2) is 5.89. The average Bonchev–Trinajstić information content (AvgIpc) is 2.28. The van der Waals surface area contributed by atoms with E-state index in [4.69, 9.17) is 11.0 Å². The number of carbonyl (C=O) groups excluding carboxylic acids is 1. The van der Waals surface area contributed by atoms with Crippen molar-refractivity contribution in [2.45, 2.75) is 25.8 Å². The van der Waals surface area contributed by atoms with Crippen LogP contribution >= 0.6 is 0 Å². The third-order valence-corrected chi connectivity index (χ3v) is 2.25. The summed E-state index contributed by atoms with van der Waals surface area (Å²) < 4.78 is 0. The fraction of sp³-hybridized carbons (Fsp3) is 0.333. The van der Waals surface area contributed by atoms with Crippen molar-refractivity contribution in [3.05, 3.63) is 29.8 Å². The maximum atomic E-state index is 11.5. The third-order valence-electron chi connectivity index (χ3n) is 2.25. The molecule has 0 aliphatic heterocycles. The van der Waals surface area contributed by atoms with Gasteiger partial charge in [0.15, 0.2) is 0 Å². The fourth-order valence-corrected chi connectivity index (χ4v) is 1.26. The van der Waals surface area contributed by atoms with Gasteiger partial charge in [-0.2, -0.15) is 5.26 Å². The molecule has 4 nitrogen and oxygen atoms in total. The van der Waals surface area contributed by atoms with Gasteiger partial charge >= 0.3 is 0 Å². The molecule has 1 atom stereocenters. The van der Waals surface area contributed by atoms with Crippen molar-refractivity contribution in [2.75, 3.05) is 5.32 Å². The molecule has 0 fully saturated rings. The lowest BCUT2D eigenvalue weighted by molar-refractivity contribution is -0.116. The van der Waals surface area contributed by atoms with E-state index < -0.39 is 0 Å². The second-order valence-corrected chi connectivity index (χ2v) is 3.61. The number of nitrogens with one attached hydrogen (secondary N) is 1. The van der Waals surface area contributed by atoms with E-state index in [0.29, 0.717) is 17.7 Å². The number of nitriles is 1. The minimum absolute atomic E-state index is 0.112. The molecule has 1 aromatic carbocycles. The predicted molar refractivity (Wildman–Crippen MR) is 62.7 cm³/mol. The number of carbonyl (C=O) groups is 1. The molecule has 0 saturated heterocycles. The Balaban J connectivity index is 2.60. The van der Waals surface area contributed by atoms with Gasteiger partial charge in [0.05, 0.1) is 11.6 Å². The van der Waals surface area contributed by atoms with Gasteiger partial charge in [-0.15, -0.1) is 0 Å². The summed E-state index contributed by atoms with van der Waals surface area (Å²) in [6.45, 7) is 1.94. The molecule has 0 aliphatic carbocycles. The molecule has 16 heavy (non-hydrogen) atoms. The summed E-state index contributed by atoms with van der Waals surface area (Å²) in [4.78, 5) is 11.5. The molecule has 1 aromatic rings. The Kier molecular flexibility index (Phi) is 4.49. The zero-order chi connectivity index (χ0) is 12.0. The number of hydrogen-bond acceptors (Lipinski definition) is 3. The number of amides is 1. The molecule has 0 aliphatic rings. The normalized spacial score (nSPS) is 11.6. The highest BCUT2D eigenvalue weighted by atomic mass is 16.1. The molecule has 0 heterocycles. The van der Waals surface area contributed by atoms with Gasteiger partial charge in [-0.3, -0.25) is 4.79 Å². The number of anilines is 1.